The first kappa shape index (κ1) is 23.0. The number of ether oxygens (including phenoxy) is 2. The summed E-state index contributed by atoms with van der Waals surface area (Å²) in [5.41, 5.74) is 1.03. The van der Waals surface area contributed by atoms with E-state index in [-0.39, 0.29) is 11.4 Å². The molecule has 2 N–H and O–H groups in total. The molecule has 0 atom stereocenters. The van der Waals surface area contributed by atoms with Gasteiger partial charge in [-0.15, -0.1) is 0 Å². The summed E-state index contributed by atoms with van der Waals surface area (Å²) in [6.45, 7) is 0. The molecule has 0 spiro atoms. The number of methoxy groups -OCH3 is 2. The molecule has 9 heteroatoms. The fourth-order valence-electron chi connectivity index (χ4n) is 2.92. The largest absolute Gasteiger partial charge is 0.497 e. The molecule has 3 rings (SSSR count). The third-order valence-corrected chi connectivity index (χ3v) is 4.60. The van der Waals surface area contributed by atoms with E-state index < -0.39 is 16.7 Å². The molecule has 0 aliphatic heterocycles. The molecule has 33 heavy (non-hydrogen) atoms. The standard InChI is InChI=1S/C24H21N3O6/c1-32-20-8-5-7-17(14-20)23(28)26-21(15-16-6-3-4-9-22(16)33-2)24(29)25-18-10-12-19(13-11-18)27(30)31/h3-15H,1-2H3,(H,25,29)(H,26,28). The second kappa shape index (κ2) is 10.6. The number of nitro benzene ring substituents is 1. The van der Waals surface area contributed by atoms with Crippen LogP contribution in [0.3, 0.4) is 0 Å². The van der Waals surface area contributed by atoms with E-state index in [2.05, 4.69) is 10.6 Å². The van der Waals surface area contributed by atoms with Gasteiger partial charge in [0.25, 0.3) is 17.5 Å². The lowest BCUT2D eigenvalue weighted by Crippen LogP contribution is -2.30. The van der Waals surface area contributed by atoms with E-state index in [4.69, 9.17) is 9.47 Å². The van der Waals surface area contributed by atoms with Gasteiger partial charge in [-0.1, -0.05) is 24.3 Å². The van der Waals surface area contributed by atoms with E-state index in [0.717, 1.165) is 0 Å². The summed E-state index contributed by atoms with van der Waals surface area (Å²) in [5, 5.41) is 16.1. The number of rotatable bonds is 8. The van der Waals surface area contributed by atoms with Gasteiger partial charge in [-0.25, -0.2) is 0 Å². The molecule has 9 nitrogen and oxygen atoms in total. The fourth-order valence-corrected chi connectivity index (χ4v) is 2.92. The predicted octanol–water partition coefficient (Wildman–Crippen LogP) is 4.02. The zero-order valence-electron chi connectivity index (χ0n) is 17.9. The van der Waals surface area contributed by atoms with Gasteiger partial charge in [0, 0.05) is 28.9 Å². The van der Waals surface area contributed by atoms with Crippen LogP contribution in [0.15, 0.2) is 78.5 Å². The Hall–Kier alpha value is -4.66. The van der Waals surface area contributed by atoms with Crippen molar-refractivity contribution >= 4 is 29.3 Å². The highest BCUT2D eigenvalue weighted by Crippen LogP contribution is 2.22. The number of hydrogen-bond acceptors (Lipinski definition) is 6. The van der Waals surface area contributed by atoms with Gasteiger partial charge in [-0.05, 0) is 42.5 Å². The van der Waals surface area contributed by atoms with Crippen molar-refractivity contribution in [3.63, 3.8) is 0 Å². The van der Waals surface area contributed by atoms with E-state index in [9.17, 15) is 19.7 Å². The third-order valence-electron chi connectivity index (χ3n) is 4.60. The van der Waals surface area contributed by atoms with Gasteiger partial charge >= 0.3 is 0 Å². The van der Waals surface area contributed by atoms with Crippen LogP contribution in [0.5, 0.6) is 11.5 Å². The van der Waals surface area contributed by atoms with Crippen molar-refractivity contribution in [3.8, 4) is 11.5 Å². The van der Waals surface area contributed by atoms with Crippen LogP contribution in [0.4, 0.5) is 11.4 Å². The van der Waals surface area contributed by atoms with Crippen LogP contribution >= 0.6 is 0 Å². The van der Waals surface area contributed by atoms with E-state index in [0.29, 0.717) is 28.3 Å². The average Bonchev–Trinajstić information content (AvgIpc) is 2.84. The molecule has 0 saturated heterocycles. The maximum atomic E-state index is 13.0. The molecule has 0 aromatic heterocycles. The molecule has 3 aromatic carbocycles. The molecule has 0 fully saturated rings. The summed E-state index contributed by atoms with van der Waals surface area (Å²) < 4.78 is 10.5. The van der Waals surface area contributed by atoms with Crippen LogP contribution in [0.2, 0.25) is 0 Å². The molecule has 0 saturated carbocycles. The molecular formula is C24H21N3O6. The molecule has 0 aliphatic carbocycles. The highest BCUT2D eigenvalue weighted by atomic mass is 16.6. The Morgan fingerprint density at radius 3 is 2.33 bits per heavy atom. The zero-order valence-corrected chi connectivity index (χ0v) is 17.9. The number of anilines is 1. The first-order valence-electron chi connectivity index (χ1n) is 9.77. The van der Waals surface area contributed by atoms with Gasteiger partial charge in [-0.3, -0.25) is 19.7 Å². The number of amides is 2. The molecule has 0 unspecified atom stereocenters. The first-order chi connectivity index (χ1) is 15.9. The number of non-ortho nitro benzene ring substituents is 1. The summed E-state index contributed by atoms with van der Waals surface area (Å²) in [7, 11) is 2.99. The maximum Gasteiger partial charge on any atom is 0.272 e. The SMILES string of the molecule is COc1cccc(C(=O)NC(=Cc2ccccc2OC)C(=O)Nc2ccc([N+](=O)[O-])cc2)c1. The highest BCUT2D eigenvalue weighted by Gasteiger charge is 2.17. The topological polar surface area (TPSA) is 120 Å². The lowest BCUT2D eigenvalue weighted by Gasteiger charge is -2.13. The van der Waals surface area contributed by atoms with E-state index in [1.165, 1.54) is 44.6 Å². The van der Waals surface area contributed by atoms with Crippen molar-refractivity contribution < 1.29 is 24.0 Å². The highest BCUT2D eigenvalue weighted by molar-refractivity contribution is 6.10. The predicted molar refractivity (Wildman–Crippen MR) is 123 cm³/mol. The van der Waals surface area contributed by atoms with E-state index >= 15 is 0 Å². The third kappa shape index (κ3) is 5.95. The monoisotopic (exact) mass is 447 g/mol. The van der Waals surface area contributed by atoms with Crippen LogP contribution in [-0.2, 0) is 4.79 Å². The summed E-state index contributed by atoms with van der Waals surface area (Å²) in [5.74, 6) is -0.137. The Morgan fingerprint density at radius 2 is 1.67 bits per heavy atom. The van der Waals surface area contributed by atoms with Crippen LogP contribution in [0.25, 0.3) is 6.08 Å². The van der Waals surface area contributed by atoms with Gasteiger partial charge < -0.3 is 20.1 Å². The van der Waals surface area contributed by atoms with Crippen molar-refractivity contribution in [3.05, 3.63) is 99.7 Å². The van der Waals surface area contributed by atoms with Crippen LogP contribution in [-0.4, -0.2) is 31.0 Å². The lowest BCUT2D eigenvalue weighted by atomic mass is 10.1. The van der Waals surface area contributed by atoms with Gasteiger partial charge in [-0.2, -0.15) is 0 Å². The van der Waals surface area contributed by atoms with Crippen LogP contribution in [0, 0.1) is 10.1 Å². The number of para-hydroxylation sites is 1. The van der Waals surface area contributed by atoms with Gasteiger partial charge in [0.15, 0.2) is 0 Å². The van der Waals surface area contributed by atoms with Gasteiger partial charge in [0.1, 0.15) is 17.2 Å². The Bertz CT molecular complexity index is 1200. The maximum absolute atomic E-state index is 13.0. The van der Waals surface area contributed by atoms with Gasteiger partial charge in [0.05, 0.1) is 19.1 Å². The van der Waals surface area contributed by atoms with Crippen molar-refractivity contribution in [1.29, 1.82) is 0 Å². The van der Waals surface area contributed by atoms with Crippen LogP contribution in [0.1, 0.15) is 15.9 Å². The Balaban J connectivity index is 1.92. The number of nitro groups is 1. The van der Waals surface area contributed by atoms with Gasteiger partial charge in [0.2, 0.25) is 0 Å². The van der Waals surface area contributed by atoms with Crippen molar-refractivity contribution in [1.82, 2.24) is 5.32 Å². The molecule has 0 aliphatic rings. The van der Waals surface area contributed by atoms with Crippen LogP contribution < -0.4 is 20.1 Å². The normalized spacial score (nSPS) is 10.8. The number of carbonyl (C=O) groups excluding carboxylic acids is 2. The molecule has 0 bridgehead atoms. The smallest absolute Gasteiger partial charge is 0.272 e. The second-order valence-electron chi connectivity index (χ2n) is 6.74. The summed E-state index contributed by atoms with van der Waals surface area (Å²) >= 11 is 0. The Kier molecular flexibility index (Phi) is 7.38. The average molecular weight is 447 g/mol. The number of nitrogens with one attached hydrogen (secondary N) is 2. The minimum Gasteiger partial charge on any atom is -0.497 e. The Labute approximate surface area is 189 Å². The molecule has 2 amide bonds. The minimum absolute atomic E-state index is 0.0503. The summed E-state index contributed by atoms with van der Waals surface area (Å²) in [6.07, 6.45) is 1.48. The number of nitrogens with zero attached hydrogens (tertiary/aromatic N) is 1. The zero-order chi connectivity index (χ0) is 23.8. The first-order valence-corrected chi connectivity index (χ1v) is 9.77. The Morgan fingerprint density at radius 1 is 0.939 bits per heavy atom. The second-order valence-corrected chi connectivity index (χ2v) is 6.74. The molecular weight excluding hydrogens is 426 g/mol. The summed E-state index contributed by atoms with van der Waals surface area (Å²) in [4.78, 5) is 36.2. The van der Waals surface area contributed by atoms with Crippen molar-refractivity contribution in [2.24, 2.45) is 0 Å². The quantitative estimate of drug-likeness (QED) is 0.306. The molecule has 3 aromatic rings. The molecule has 0 radical (unpaired) electrons. The number of benzene rings is 3. The molecule has 0 heterocycles. The lowest BCUT2D eigenvalue weighted by molar-refractivity contribution is -0.384. The molecule has 168 valence electrons. The number of carbonyl (C=O) groups is 2. The van der Waals surface area contributed by atoms with Crippen molar-refractivity contribution in [2.75, 3.05) is 19.5 Å². The van der Waals surface area contributed by atoms with E-state index in [1.807, 2.05) is 0 Å². The minimum atomic E-state index is -0.619. The fraction of sp³-hybridized carbons (Fsp3) is 0.0833. The number of hydrogen-bond donors (Lipinski definition) is 2. The summed E-state index contributed by atoms with van der Waals surface area (Å²) in [6, 6.07) is 18.8. The van der Waals surface area contributed by atoms with E-state index in [1.54, 1.807) is 48.5 Å². The van der Waals surface area contributed by atoms with Crippen molar-refractivity contribution in [2.45, 2.75) is 0 Å².